The van der Waals surface area contributed by atoms with E-state index in [9.17, 15) is 0 Å². The van der Waals surface area contributed by atoms with Gasteiger partial charge in [-0.05, 0) is 38.3 Å². The summed E-state index contributed by atoms with van der Waals surface area (Å²) in [5.41, 5.74) is 1.27. The van der Waals surface area contributed by atoms with Crippen LogP contribution < -0.4 is 15.5 Å². The number of nitrogens with one attached hydrogen (secondary N) is 2. The summed E-state index contributed by atoms with van der Waals surface area (Å²) in [7, 11) is 0. The molecule has 24 heavy (non-hydrogen) atoms. The fourth-order valence-corrected chi connectivity index (χ4v) is 2.23. The van der Waals surface area contributed by atoms with E-state index in [1.54, 1.807) is 0 Å². The maximum absolute atomic E-state index is 9.07. The highest BCUT2D eigenvalue weighted by Gasteiger charge is 2.04. The van der Waals surface area contributed by atoms with E-state index in [-0.39, 0.29) is 36.5 Å². The topological polar surface area (TPSA) is 59.9 Å². The highest BCUT2D eigenvalue weighted by atomic mass is 127. The molecule has 0 fully saturated rings. The van der Waals surface area contributed by atoms with E-state index in [4.69, 9.17) is 5.11 Å². The number of anilines is 1. The Morgan fingerprint density at radius 3 is 2.50 bits per heavy atom. The van der Waals surface area contributed by atoms with Crippen LogP contribution in [0.25, 0.3) is 0 Å². The predicted octanol–water partition coefficient (Wildman–Crippen LogP) is 2.70. The van der Waals surface area contributed by atoms with Gasteiger partial charge in [0.1, 0.15) is 0 Å². The lowest BCUT2D eigenvalue weighted by molar-refractivity contribution is 0.241. The zero-order chi connectivity index (χ0) is 16.9. The Balaban J connectivity index is 0.00000529. The first kappa shape index (κ1) is 23.0. The fraction of sp³-hybridized carbons (Fsp3) is 0.611. The molecule has 0 saturated heterocycles. The summed E-state index contributed by atoms with van der Waals surface area (Å²) < 4.78 is 0. The van der Waals surface area contributed by atoms with Gasteiger partial charge in [0.25, 0.3) is 0 Å². The van der Waals surface area contributed by atoms with Gasteiger partial charge in [-0.1, -0.05) is 25.1 Å². The van der Waals surface area contributed by atoms with Crippen LogP contribution in [-0.2, 0) is 0 Å². The average Bonchev–Trinajstić information content (AvgIpc) is 2.60. The molecule has 0 bridgehead atoms. The largest absolute Gasteiger partial charge is 0.396 e. The van der Waals surface area contributed by atoms with Crippen molar-refractivity contribution in [2.45, 2.75) is 27.2 Å². The Kier molecular flexibility index (Phi) is 13.7. The van der Waals surface area contributed by atoms with Gasteiger partial charge < -0.3 is 20.6 Å². The van der Waals surface area contributed by atoms with Gasteiger partial charge in [-0.3, -0.25) is 4.99 Å². The number of aliphatic imine (C=N–C) groups is 1. The van der Waals surface area contributed by atoms with Gasteiger partial charge in [-0.25, -0.2) is 0 Å². The van der Waals surface area contributed by atoms with Crippen molar-refractivity contribution in [2.24, 2.45) is 10.9 Å². The van der Waals surface area contributed by atoms with Crippen LogP contribution in [0.3, 0.4) is 0 Å². The van der Waals surface area contributed by atoms with Crippen molar-refractivity contribution in [2.75, 3.05) is 44.2 Å². The number of aliphatic hydroxyl groups excluding tert-OH is 1. The van der Waals surface area contributed by atoms with E-state index in [0.717, 1.165) is 38.6 Å². The smallest absolute Gasteiger partial charge is 0.191 e. The summed E-state index contributed by atoms with van der Waals surface area (Å²) in [6.45, 7) is 10.8. The van der Waals surface area contributed by atoms with Crippen LogP contribution in [0.4, 0.5) is 5.69 Å². The monoisotopic (exact) mass is 448 g/mol. The summed E-state index contributed by atoms with van der Waals surface area (Å²) in [5, 5.41) is 15.7. The molecule has 0 aliphatic carbocycles. The molecule has 0 amide bonds. The fourth-order valence-electron chi connectivity index (χ4n) is 2.23. The highest BCUT2D eigenvalue weighted by Crippen LogP contribution is 2.12. The Bertz CT molecular complexity index is 442. The number of benzene rings is 1. The van der Waals surface area contributed by atoms with Crippen LogP contribution in [-0.4, -0.2) is 50.4 Å². The van der Waals surface area contributed by atoms with Gasteiger partial charge in [0.2, 0.25) is 0 Å². The molecule has 0 saturated carbocycles. The van der Waals surface area contributed by atoms with Crippen LogP contribution in [0.1, 0.15) is 27.2 Å². The lowest BCUT2D eigenvalue weighted by Gasteiger charge is -2.23. The molecule has 3 N–H and O–H groups in total. The molecular weight excluding hydrogens is 415 g/mol. The van der Waals surface area contributed by atoms with Gasteiger partial charge in [0.15, 0.2) is 5.96 Å². The molecule has 138 valence electrons. The molecule has 5 nitrogen and oxygen atoms in total. The summed E-state index contributed by atoms with van der Waals surface area (Å²) >= 11 is 0. The molecule has 1 aromatic rings. The van der Waals surface area contributed by atoms with Crippen molar-refractivity contribution in [3.63, 3.8) is 0 Å². The summed E-state index contributed by atoms with van der Waals surface area (Å²) in [5.74, 6) is 1.02. The number of guanidine groups is 1. The van der Waals surface area contributed by atoms with E-state index in [2.05, 4.69) is 58.6 Å². The summed E-state index contributed by atoms with van der Waals surface area (Å²) in [6, 6.07) is 10.5. The molecule has 1 aromatic carbocycles. The van der Waals surface area contributed by atoms with Crippen molar-refractivity contribution in [1.29, 1.82) is 0 Å². The molecule has 1 rings (SSSR count). The molecule has 0 aliphatic heterocycles. The molecular formula is C18H33IN4O. The average molecular weight is 448 g/mol. The van der Waals surface area contributed by atoms with Crippen molar-refractivity contribution >= 4 is 35.6 Å². The highest BCUT2D eigenvalue weighted by molar-refractivity contribution is 14.0. The molecule has 0 spiro atoms. The van der Waals surface area contributed by atoms with Crippen LogP contribution in [0, 0.1) is 5.92 Å². The lowest BCUT2D eigenvalue weighted by Crippen LogP contribution is -2.39. The Morgan fingerprint density at radius 2 is 1.92 bits per heavy atom. The number of para-hydroxylation sites is 1. The van der Waals surface area contributed by atoms with Crippen LogP contribution in [0.5, 0.6) is 0 Å². The first-order valence-electron chi connectivity index (χ1n) is 8.64. The summed E-state index contributed by atoms with van der Waals surface area (Å²) in [6.07, 6.45) is 1.04. The normalized spacial score (nSPS) is 12.2. The van der Waals surface area contributed by atoms with Gasteiger partial charge in [0, 0.05) is 45.0 Å². The van der Waals surface area contributed by atoms with E-state index in [1.807, 2.05) is 13.0 Å². The van der Waals surface area contributed by atoms with E-state index in [0.29, 0.717) is 6.54 Å². The molecule has 0 aromatic heterocycles. The molecule has 1 atom stereocenters. The molecule has 0 aliphatic rings. The van der Waals surface area contributed by atoms with Crippen molar-refractivity contribution < 1.29 is 5.11 Å². The van der Waals surface area contributed by atoms with Crippen LogP contribution >= 0.6 is 24.0 Å². The SMILES string of the molecule is CCNC(=NCC(C)CO)NCCCN(CC)c1ccccc1.I. The van der Waals surface area contributed by atoms with E-state index < -0.39 is 0 Å². The maximum Gasteiger partial charge on any atom is 0.191 e. The second kappa shape index (κ2) is 14.3. The first-order chi connectivity index (χ1) is 11.2. The third-order valence-electron chi connectivity index (χ3n) is 3.62. The van der Waals surface area contributed by atoms with Crippen molar-refractivity contribution in [3.8, 4) is 0 Å². The molecule has 1 unspecified atom stereocenters. The number of hydrogen-bond donors (Lipinski definition) is 3. The number of nitrogens with zero attached hydrogens (tertiary/aromatic N) is 2. The second-order valence-corrected chi connectivity index (χ2v) is 5.70. The van der Waals surface area contributed by atoms with Crippen LogP contribution in [0.15, 0.2) is 35.3 Å². The second-order valence-electron chi connectivity index (χ2n) is 5.70. The Labute approximate surface area is 164 Å². The quantitative estimate of drug-likeness (QED) is 0.223. The van der Waals surface area contributed by atoms with Gasteiger partial charge >= 0.3 is 0 Å². The van der Waals surface area contributed by atoms with Crippen molar-refractivity contribution in [1.82, 2.24) is 10.6 Å². The number of halogens is 1. The number of aliphatic hydroxyl groups is 1. The molecule has 0 radical (unpaired) electrons. The van der Waals surface area contributed by atoms with E-state index >= 15 is 0 Å². The maximum atomic E-state index is 9.07. The Morgan fingerprint density at radius 1 is 1.21 bits per heavy atom. The minimum Gasteiger partial charge on any atom is -0.396 e. The third kappa shape index (κ3) is 9.32. The zero-order valence-corrected chi connectivity index (χ0v) is 17.5. The third-order valence-corrected chi connectivity index (χ3v) is 3.62. The minimum atomic E-state index is 0. The van der Waals surface area contributed by atoms with Crippen LogP contribution in [0.2, 0.25) is 0 Å². The predicted molar refractivity (Wildman–Crippen MR) is 115 cm³/mol. The minimum absolute atomic E-state index is 0. The van der Waals surface area contributed by atoms with Crippen molar-refractivity contribution in [3.05, 3.63) is 30.3 Å². The first-order valence-corrected chi connectivity index (χ1v) is 8.64. The van der Waals surface area contributed by atoms with Gasteiger partial charge in [-0.15, -0.1) is 24.0 Å². The standard InChI is InChI=1S/C18H32N4O.HI/c1-4-19-18(21-14-16(3)15-23)20-12-9-13-22(5-2)17-10-7-6-8-11-17;/h6-8,10-11,16,23H,4-5,9,12-15H2,1-3H3,(H2,19,20,21);1H. The molecule has 6 heteroatoms. The van der Waals surface area contributed by atoms with Gasteiger partial charge in [0.05, 0.1) is 0 Å². The Hall–Kier alpha value is -1.02. The zero-order valence-electron chi connectivity index (χ0n) is 15.2. The molecule has 0 heterocycles. The lowest BCUT2D eigenvalue weighted by atomic mass is 10.2. The van der Waals surface area contributed by atoms with Gasteiger partial charge in [-0.2, -0.15) is 0 Å². The number of hydrogen-bond acceptors (Lipinski definition) is 3. The van der Waals surface area contributed by atoms with E-state index in [1.165, 1.54) is 5.69 Å². The summed E-state index contributed by atoms with van der Waals surface area (Å²) in [4.78, 5) is 6.87. The number of rotatable bonds is 10.